The molecule has 0 bridgehead atoms. The van der Waals surface area contributed by atoms with Gasteiger partial charge in [0.2, 0.25) is 21.8 Å². The molecule has 2 aromatic rings. The molecular formula is C26H35N3O5S. The molecule has 0 aliphatic heterocycles. The van der Waals surface area contributed by atoms with Gasteiger partial charge in [0.1, 0.15) is 18.3 Å². The van der Waals surface area contributed by atoms with Crippen molar-refractivity contribution in [1.82, 2.24) is 10.2 Å². The molecule has 190 valence electrons. The van der Waals surface area contributed by atoms with Gasteiger partial charge >= 0.3 is 0 Å². The van der Waals surface area contributed by atoms with Crippen LogP contribution in [0.2, 0.25) is 0 Å². The fourth-order valence-electron chi connectivity index (χ4n) is 4.43. The van der Waals surface area contributed by atoms with E-state index in [2.05, 4.69) is 5.32 Å². The fourth-order valence-corrected chi connectivity index (χ4v) is 5.28. The Labute approximate surface area is 208 Å². The maximum absolute atomic E-state index is 13.7. The molecule has 1 N–H and O–H groups in total. The van der Waals surface area contributed by atoms with E-state index in [1.54, 1.807) is 24.3 Å². The van der Waals surface area contributed by atoms with Crippen LogP contribution in [0.15, 0.2) is 54.6 Å². The number of methoxy groups -OCH3 is 1. The minimum Gasteiger partial charge on any atom is -0.497 e. The van der Waals surface area contributed by atoms with Gasteiger partial charge < -0.3 is 15.0 Å². The summed E-state index contributed by atoms with van der Waals surface area (Å²) in [7, 11) is -2.24. The summed E-state index contributed by atoms with van der Waals surface area (Å²) in [6.07, 6.45) is 5.52. The molecule has 8 nitrogen and oxygen atoms in total. The highest BCUT2D eigenvalue weighted by molar-refractivity contribution is 7.92. The summed E-state index contributed by atoms with van der Waals surface area (Å²) in [4.78, 5) is 28.4. The molecule has 2 aromatic carbocycles. The smallest absolute Gasteiger partial charge is 0.244 e. The van der Waals surface area contributed by atoms with Crippen molar-refractivity contribution < 1.29 is 22.7 Å². The average Bonchev–Trinajstić information content (AvgIpc) is 3.35. The van der Waals surface area contributed by atoms with Gasteiger partial charge in [-0.1, -0.05) is 50.1 Å². The summed E-state index contributed by atoms with van der Waals surface area (Å²) in [6.45, 7) is 1.66. The van der Waals surface area contributed by atoms with E-state index >= 15 is 0 Å². The lowest BCUT2D eigenvalue weighted by Gasteiger charge is -2.33. The zero-order valence-electron chi connectivity index (χ0n) is 20.6. The first-order chi connectivity index (χ1) is 16.7. The van der Waals surface area contributed by atoms with Crippen LogP contribution in [0.5, 0.6) is 5.75 Å². The van der Waals surface area contributed by atoms with Gasteiger partial charge in [0.25, 0.3) is 0 Å². The number of ether oxygens (including phenoxy) is 1. The van der Waals surface area contributed by atoms with Gasteiger partial charge in [0, 0.05) is 12.6 Å². The summed E-state index contributed by atoms with van der Waals surface area (Å²) >= 11 is 0. The molecule has 1 saturated carbocycles. The van der Waals surface area contributed by atoms with E-state index in [1.807, 2.05) is 37.3 Å². The molecule has 0 heterocycles. The molecule has 1 atom stereocenters. The average molecular weight is 502 g/mol. The number of nitrogens with one attached hydrogen (secondary N) is 1. The van der Waals surface area contributed by atoms with Gasteiger partial charge in [0.05, 0.1) is 19.1 Å². The quantitative estimate of drug-likeness (QED) is 0.510. The molecule has 3 rings (SSSR count). The van der Waals surface area contributed by atoms with Crippen LogP contribution < -0.4 is 14.4 Å². The Hall–Kier alpha value is -3.07. The maximum Gasteiger partial charge on any atom is 0.244 e. The molecule has 0 aromatic heterocycles. The molecule has 9 heteroatoms. The van der Waals surface area contributed by atoms with Crippen LogP contribution in [0.4, 0.5) is 5.69 Å². The van der Waals surface area contributed by atoms with Crippen molar-refractivity contribution in [2.75, 3.05) is 24.2 Å². The van der Waals surface area contributed by atoms with E-state index in [0.29, 0.717) is 17.9 Å². The number of benzene rings is 2. The number of hydrogen-bond donors (Lipinski definition) is 1. The highest BCUT2D eigenvalue weighted by Crippen LogP contribution is 2.23. The van der Waals surface area contributed by atoms with Crippen molar-refractivity contribution in [3.8, 4) is 5.75 Å². The number of amides is 2. The Kier molecular flexibility index (Phi) is 9.14. The molecule has 35 heavy (non-hydrogen) atoms. The fraction of sp³-hybridized carbons (Fsp3) is 0.462. The molecule has 0 unspecified atom stereocenters. The molecule has 1 aliphatic rings. The predicted octanol–water partition coefficient (Wildman–Crippen LogP) is 3.33. The first-order valence-corrected chi connectivity index (χ1v) is 13.8. The zero-order chi connectivity index (χ0) is 25.4. The summed E-state index contributed by atoms with van der Waals surface area (Å²) in [5.41, 5.74) is 1.22. The zero-order valence-corrected chi connectivity index (χ0v) is 21.5. The summed E-state index contributed by atoms with van der Waals surface area (Å²) < 4.78 is 31.5. The van der Waals surface area contributed by atoms with Crippen molar-refractivity contribution in [3.05, 3.63) is 60.2 Å². The van der Waals surface area contributed by atoms with E-state index < -0.39 is 28.5 Å². The van der Waals surface area contributed by atoms with Crippen molar-refractivity contribution in [2.24, 2.45) is 0 Å². The summed E-state index contributed by atoms with van der Waals surface area (Å²) in [6, 6.07) is 15.3. The van der Waals surface area contributed by atoms with Gasteiger partial charge in [-0.05, 0) is 49.1 Å². The molecule has 2 amide bonds. The second kappa shape index (κ2) is 12.1. The molecule has 0 saturated heterocycles. The number of nitrogens with zero attached hydrogens (tertiary/aromatic N) is 2. The van der Waals surface area contributed by atoms with Crippen LogP contribution in [0, 0.1) is 0 Å². The predicted molar refractivity (Wildman–Crippen MR) is 137 cm³/mol. The van der Waals surface area contributed by atoms with Crippen molar-refractivity contribution in [1.29, 1.82) is 0 Å². The van der Waals surface area contributed by atoms with Gasteiger partial charge in [-0.15, -0.1) is 0 Å². The Morgan fingerprint density at radius 2 is 1.69 bits per heavy atom. The van der Waals surface area contributed by atoms with Crippen molar-refractivity contribution in [3.63, 3.8) is 0 Å². The number of hydrogen-bond acceptors (Lipinski definition) is 5. The molecule has 0 radical (unpaired) electrons. The largest absolute Gasteiger partial charge is 0.497 e. The second-order valence-corrected chi connectivity index (χ2v) is 10.8. The number of carbonyl (C=O) groups excluding carboxylic acids is 2. The van der Waals surface area contributed by atoms with Crippen LogP contribution in [0.3, 0.4) is 0 Å². The number of carbonyl (C=O) groups is 2. The third-order valence-electron chi connectivity index (χ3n) is 6.32. The summed E-state index contributed by atoms with van der Waals surface area (Å²) in [5, 5.41) is 3.10. The third kappa shape index (κ3) is 7.21. The number of sulfonamides is 1. The van der Waals surface area contributed by atoms with Gasteiger partial charge in [0.15, 0.2) is 0 Å². The van der Waals surface area contributed by atoms with Crippen LogP contribution >= 0.6 is 0 Å². The Morgan fingerprint density at radius 3 is 2.23 bits per heavy atom. The number of anilines is 1. The van der Waals surface area contributed by atoms with E-state index in [1.165, 1.54) is 12.0 Å². The lowest BCUT2D eigenvalue weighted by molar-refractivity contribution is -0.140. The van der Waals surface area contributed by atoms with Crippen LogP contribution in [-0.2, 0) is 26.2 Å². The minimum atomic E-state index is -3.77. The minimum absolute atomic E-state index is 0.122. The maximum atomic E-state index is 13.7. The van der Waals surface area contributed by atoms with Gasteiger partial charge in [-0.3, -0.25) is 13.9 Å². The normalized spacial score (nSPS) is 14.8. The molecule has 1 aliphatic carbocycles. The molecular weight excluding hydrogens is 466 g/mol. The van der Waals surface area contributed by atoms with E-state index in [9.17, 15) is 18.0 Å². The van der Waals surface area contributed by atoms with Crippen LogP contribution in [-0.4, -0.2) is 57.1 Å². The SMILES string of the molecule is CC[C@H](C(=O)NC1CCCC1)N(Cc1ccccc1)C(=O)CN(c1ccc(OC)cc1)S(C)(=O)=O. The second-order valence-electron chi connectivity index (χ2n) is 8.89. The third-order valence-corrected chi connectivity index (χ3v) is 7.46. The molecule has 0 spiro atoms. The van der Waals surface area contributed by atoms with Crippen molar-refractivity contribution in [2.45, 2.75) is 57.7 Å². The Bertz CT molecular complexity index is 1080. The first-order valence-electron chi connectivity index (χ1n) is 12.0. The topological polar surface area (TPSA) is 96.0 Å². The Morgan fingerprint density at radius 1 is 1.06 bits per heavy atom. The lowest BCUT2D eigenvalue weighted by Crippen LogP contribution is -2.53. The standard InChI is InChI=1S/C26H35N3O5S/c1-4-24(26(31)27-21-12-8-9-13-21)28(18-20-10-6-5-7-11-20)25(30)19-29(35(3,32)33)22-14-16-23(34-2)17-15-22/h5-7,10-11,14-17,21,24H,4,8-9,12-13,18-19H2,1-3H3,(H,27,31)/t24-/m1/s1. The van der Waals surface area contributed by atoms with E-state index in [4.69, 9.17) is 4.74 Å². The Balaban J connectivity index is 1.89. The highest BCUT2D eigenvalue weighted by atomic mass is 32.2. The van der Waals surface area contributed by atoms with Crippen LogP contribution in [0.1, 0.15) is 44.6 Å². The first kappa shape index (κ1) is 26.5. The van der Waals surface area contributed by atoms with E-state index in [-0.39, 0.29) is 18.5 Å². The van der Waals surface area contributed by atoms with Gasteiger partial charge in [-0.25, -0.2) is 8.42 Å². The lowest BCUT2D eigenvalue weighted by atomic mass is 10.1. The summed E-state index contributed by atoms with van der Waals surface area (Å²) in [5.74, 6) is -0.0589. The number of rotatable bonds is 11. The highest BCUT2D eigenvalue weighted by Gasteiger charge is 2.33. The molecule has 1 fully saturated rings. The van der Waals surface area contributed by atoms with Gasteiger partial charge in [-0.2, -0.15) is 0 Å². The monoisotopic (exact) mass is 501 g/mol. The van der Waals surface area contributed by atoms with E-state index in [0.717, 1.165) is 41.8 Å². The van der Waals surface area contributed by atoms with Crippen molar-refractivity contribution >= 4 is 27.5 Å². The van der Waals surface area contributed by atoms with Crippen LogP contribution in [0.25, 0.3) is 0 Å².